The molecule has 2 aliphatic rings. The summed E-state index contributed by atoms with van der Waals surface area (Å²) in [6, 6.07) is 0. The minimum Gasteiger partial charge on any atom is -0.493 e. The van der Waals surface area contributed by atoms with E-state index in [1.54, 1.807) is 6.26 Å². The molecule has 9 heavy (non-hydrogen) atoms. The Morgan fingerprint density at radius 1 is 1.33 bits per heavy atom. The van der Waals surface area contributed by atoms with E-state index in [4.69, 9.17) is 4.74 Å². The molecule has 1 heteroatoms. The van der Waals surface area contributed by atoms with Crippen molar-refractivity contribution < 1.29 is 4.74 Å². The number of allylic oxidation sites excluding steroid dienone is 2. The molecule has 0 saturated carbocycles. The lowest BCUT2D eigenvalue weighted by molar-refractivity contribution is 0.185. The van der Waals surface area contributed by atoms with Crippen LogP contribution in [0.2, 0.25) is 0 Å². The van der Waals surface area contributed by atoms with Crippen molar-refractivity contribution in [3.63, 3.8) is 0 Å². The first-order valence-electron chi connectivity index (χ1n) is 3.05. The summed E-state index contributed by atoms with van der Waals surface area (Å²) in [5, 5.41) is 0. The molecule has 2 unspecified atom stereocenters. The van der Waals surface area contributed by atoms with E-state index in [1.165, 1.54) is 0 Å². The van der Waals surface area contributed by atoms with Gasteiger partial charge in [0.05, 0.1) is 6.26 Å². The molecule has 0 spiro atoms. The van der Waals surface area contributed by atoms with Crippen molar-refractivity contribution in [3.8, 4) is 0 Å². The van der Waals surface area contributed by atoms with Gasteiger partial charge in [-0.2, -0.15) is 0 Å². The Bertz CT molecular complexity index is 189. The molecule has 1 heterocycles. The van der Waals surface area contributed by atoms with E-state index in [1.807, 2.05) is 18.2 Å². The Balaban J connectivity index is 2.25. The molecule has 0 aromatic heterocycles. The Morgan fingerprint density at radius 3 is 3.22 bits per heavy atom. The summed E-state index contributed by atoms with van der Waals surface area (Å²) in [6.07, 6.45) is 13.0. The highest BCUT2D eigenvalue weighted by Gasteiger charge is 2.20. The zero-order valence-electron chi connectivity index (χ0n) is 4.95. The smallest absolute Gasteiger partial charge is 0.133 e. The summed E-state index contributed by atoms with van der Waals surface area (Å²) in [4.78, 5) is 0. The lowest BCUT2D eigenvalue weighted by atomic mass is 10.00. The number of hydrogen-bond donors (Lipinski definition) is 0. The Labute approximate surface area is 54.3 Å². The average molecular weight is 119 g/mol. The van der Waals surface area contributed by atoms with Gasteiger partial charge in [0.15, 0.2) is 0 Å². The van der Waals surface area contributed by atoms with Gasteiger partial charge in [0, 0.05) is 12.0 Å². The molecule has 1 aliphatic carbocycles. The Kier molecular flexibility index (Phi) is 0.950. The van der Waals surface area contributed by atoms with E-state index in [2.05, 4.69) is 12.2 Å². The summed E-state index contributed by atoms with van der Waals surface area (Å²) >= 11 is 0. The summed E-state index contributed by atoms with van der Waals surface area (Å²) in [6.45, 7) is 0. The molecule has 1 aliphatic heterocycles. The average Bonchev–Trinajstić information content (AvgIpc) is 2.33. The molecule has 1 nitrogen and oxygen atoms in total. The van der Waals surface area contributed by atoms with Gasteiger partial charge in [-0.1, -0.05) is 18.2 Å². The lowest BCUT2D eigenvalue weighted by Gasteiger charge is -2.12. The SMILES string of the molecule is [C]1=CC=CC2C=COC12. The number of hydrogen-bond acceptors (Lipinski definition) is 1. The fourth-order valence-electron chi connectivity index (χ4n) is 1.06. The van der Waals surface area contributed by atoms with Crippen LogP contribution in [0, 0.1) is 12.0 Å². The number of rotatable bonds is 0. The number of fused-ring (bicyclic) bond motifs is 1. The maximum atomic E-state index is 5.18. The van der Waals surface area contributed by atoms with Crippen LogP contribution >= 0.6 is 0 Å². The highest BCUT2D eigenvalue weighted by atomic mass is 16.5. The predicted octanol–water partition coefficient (Wildman–Crippen LogP) is 1.44. The topological polar surface area (TPSA) is 9.23 Å². The van der Waals surface area contributed by atoms with E-state index < -0.39 is 0 Å². The standard InChI is InChI=1S/C8H7O/c1-2-4-8-7(3-1)5-6-9-8/h1-3,5-8H. The fourth-order valence-corrected chi connectivity index (χ4v) is 1.06. The molecule has 2 atom stereocenters. The molecule has 0 bridgehead atoms. The van der Waals surface area contributed by atoms with E-state index >= 15 is 0 Å². The highest BCUT2D eigenvalue weighted by Crippen LogP contribution is 2.21. The third-order valence-corrected chi connectivity index (χ3v) is 1.57. The Morgan fingerprint density at radius 2 is 2.33 bits per heavy atom. The van der Waals surface area contributed by atoms with Crippen LogP contribution in [0.4, 0.5) is 0 Å². The van der Waals surface area contributed by atoms with Crippen LogP contribution in [0.25, 0.3) is 0 Å². The molecule has 0 fully saturated rings. The van der Waals surface area contributed by atoms with E-state index in [9.17, 15) is 0 Å². The second kappa shape index (κ2) is 1.76. The molecule has 0 aromatic carbocycles. The van der Waals surface area contributed by atoms with Crippen LogP contribution in [-0.2, 0) is 4.74 Å². The molecule has 0 amide bonds. The third kappa shape index (κ3) is 0.689. The van der Waals surface area contributed by atoms with Crippen molar-refractivity contribution in [1.29, 1.82) is 0 Å². The van der Waals surface area contributed by atoms with Gasteiger partial charge in [-0.05, 0) is 6.08 Å². The van der Waals surface area contributed by atoms with Crippen LogP contribution in [0.5, 0.6) is 0 Å². The zero-order chi connectivity index (χ0) is 6.10. The van der Waals surface area contributed by atoms with Crippen molar-refractivity contribution in [1.82, 2.24) is 0 Å². The van der Waals surface area contributed by atoms with Gasteiger partial charge in [0.2, 0.25) is 0 Å². The van der Waals surface area contributed by atoms with Gasteiger partial charge in [-0.15, -0.1) is 0 Å². The lowest BCUT2D eigenvalue weighted by Crippen LogP contribution is -2.13. The van der Waals surface area contributed by atoms with Gasteiger partial charge in [-0.3, -0.25) is 0 Å². The van der Waals surface area contributed by atoms with Gasteiger partial charge in [0.25, 0.3) is 0 Å². The van der Waals surface area contributed by atoms with Crippen molar-refractivity contribution >= 4 is 0 Å². The van der Waals surface area contributed by atoms with E-state index in [-0.39, 0.29) is 6.10 Å². The molecular weight excluding hydrogens is 112 g/mol. The predicted molar refractivity (Wildman–Crippen MR) is 34.5 cm³/mol. The molecule has 45 valence electrons. The zero-order valence-corrected chi connectivity index (χ0v) is 4.95. The minimum atomic E-state index is 0.162. The second-order valence-corrected chi connectivity index (χ2v) is 2.18. The van der Waals surface area contributed by atoms with Gasteiger partial charge in [0.1, 0.15) is 6.10 Å². The summed E-state index contributed by atoms with van der Waals surface area (Å²) in [5.41, 5.74) is 0. The first-order valence-corrected chi connectivity index (χ1v) is 3.05. The van der Waals surface area contributed by atoms with E-state index in [0.717, 1.165) is 0 Å². The van der Waals surface area contributed by atoms with Crippen molar-refractivity contribution in [2.24, 2.45) is 5.92 Å². The largest absolute Gasteiger partial charge is 0.493 e. The summed E-state index contributed by atoms with van der Waals surface area (Å²) < 4.78 is 5.18. The molecule has 2 rings (SSSR count). The molecule has 0 aromatic rings. The summed E-state index contributed by atoms with van der Waals surface area (Å²) in [5.74, 6) is 0.440. The first-order chi connectivity index (χ1) is 4.47. The summed E-state index contributed by atoms with van der Waals surface area (Å²) in [7, 11) is 0. The van der Waals surface area contributed by atoms with Gasteiger partial charge in [-0.25, -0.2) is 0 Å². The van der Waals surface area contributed by atoms with Gasteiger partial charge < -0.3 is 4.74 Å². The molecule has 0 saturated heterocycles. The van der Waals surface area contributed by atoms with Crippen LogP contribution in [-0.4, -0.2) is 6.10 Å². The highest BCUT2D eigenvalue weighted by molar-refractivity contribution is 5.18. The van der Waals surface area contributed by atoms with Crippen LogP contribution in [0.3, 0.4) is 0 Å². The van der Waals surface area contributed by atoms with Gasteiger partial charge >= 0.3 is 0 Å². The molecule has 0 N–H and O–H groups in total. The van der Waals surface area contributed by atoms with Crippen LogP contribution < -0.4 is 0 Å². The molecular formula is C8H7O. The second-order valence-electron chi connectivity index (χ2n) is 2.18. The normalized spacial score (nSPS) is 36.4. The maximum absolute atomic E-state index is 5.18. The monoisotopic (exact) mass is 119 g/mol. The number of ether oxygens (including phenoxy) is 1. The quantitative estimate of drug-likeness (QED) is 0.469. The van der Waals surface area contributed by atoms with Crippen LogP contribution in [0.1, 0.15) is 0 Å². The fraction of sp³-hybridized carbons (Fsp3) is 0.250. The third-order valence-electron chi connectivity index (χ3n) is 1.57. The first kappa shape index (κ1) is 4.86. The van der Waals surface area contributed by atoms with Crippen molar-refractivity contribution in [2.75, 3.05) is 0 Å². The molecule has 1 radical (unpaired) electrons. The van der Waals surface area contributed by atoms with Crippen molar-refractivity contribution in [3.05, 3.63) is 36.6 Å². The van der Waals surface area contributed by atoms with E-state index in [0.29, 0.717) is 5.92 Å². The van der Waals surface area contributed by atoms with Crippen LogP contribution in [0.15, 0.2) is 30.6 Å². The minimum absolute atomic E-state index is 0.162. The van der Waals surface area contributed by atoms with Crippen molar-refractivity contribution in [2.45, 2.75) is 6.10 Å². The Hall–Kier alpha value is -0.980. The maximum Gasteiger partial charge on any atom is 0.133 e.